The number of aromatic nitrogens is 2. The number of para-hydroxylation sites is 2. The minimum absolute atomic E-state index is 0.0623. The lowest BCUT2D eigenvalue weighted by atomic mass is 10.1. The normalized spacial score (nSPS) is 16.3. The van der Waals surface area contributed by atoms with E-state index in [0.717, 1.165) is 41.0 Å². The maximum absolute atomic E-state index is 12.3. The van der Waals surface area contributed by atoms with Gasteiger partial charge in [-0.05, 0) is 56.0 Å². The smallest absolute Gasteiger partial charge is 0.249 e. The van der Waals surface area contributed by atoms with Crippen LogP contribution in [0.15, 0.2) is 42.5 Å². The first-order valence-electron chi connectivity index (χ1n) is 10.2. The molecule has 4 rings (SSSR count). The van der Waals surface area contributed by atoms with E-state index in [9.17, 15) is 4.79 Å². The first-order valence-corrected chi connectivity index (χ1v) is 10.2. The highest BCUT2D eigenvalue weighted by molar-refractivity contribution is 5.81. The third-order valence-electron chi connectivity index (χ3n) is 5.50. The molecule has 1 aliphatic rings. The van der Waals surface area contributed by atoms with E-state index in [-0.39, 0.29) is 12.0 Å². The number of aryl methyl sites for hydroxylation is 1. The summed E-state index contributed by atoms with van der Waals surface area (Å²) >= 11 is 0. The molecule has 2 heterocycles. The molecular weight excluding hydrogens is 366 g/mol. The summed E-state index contributed by atoms with van der Waals surface area (Å²) < 4.78 is 13.6. The summed E-state index contributed by atoms with van der Waals surface area (Å²) in [5, 5.41) is 2.98. The molecule has 0 aliphatic carbocycles. The number of imidazole rings is 1. The molecule has 1 aliphatic heterocycles. The Morgan fingerprint density at radius 1 is 1.24 bits per heavy atom. The molecule has 0 radical (unpaired) electrons. The molecule has 3 aromatic rings. The number of hydrogen-bond acceptors (Lipinski definition) is 4. The lowest BCUT2D eigenvalue weighted by Gasteiger charge is -2.14. The van der Waals surface area contributed by atoms with Gasteiger partial charge in [-0.2, -0.15) is 0 Å². The van der Waals surface area contributed by atoms with Gasteiger partial charge in [0.2, 0.25) is 5.91 Å². The molecule has 0 spiro atoms. The molecule has 1 N–H and O–H groups in total. The predicted molar refractivity (Wildman–Crippen MR) is 112 cm³/mol. The van der Waals surface area contributed by atoms with Crippen LogP contribution in [-0.4, -0.2) is 34.8 Å². The van der Waals surface area contributed by atoms with Crippen molar-refractivity contribution in [3.8, 4) is 5.75 Å². The number of hydrogen-bond donors (Lipinski definition) is 1. The third-order valence-corrected chi connectivity index (χ3v) is 5.50. The van der Waals surface area contributed by atoms with Gasteiger partial charge in [0.25, 0.3) is 0 Å². The van der Waals surface area contributed by atoms with Gasteiger partial charge in [-0.1, -0.05) is 24.3 Å². The van der Waals surface area contributed by atoms with Crippen LogP contribution >= 0.6 is 0 Å². The number of nitrogens with zero attached hydrogens (tertiary/aromatic N) is 2. The largest absolute Gasteiger partial charge is 0.491 e. The van der Waals surface area contributed by atoms with Gasteiger partial charge in [0.05, 0.1) is 24.1 Å². The van der Waals surface area contributed by atoms with Crippen molar-refractivity contribution in [1.29, 1.82) is 0 Å². The van der Waals surface area contributed by atoms with Crippen LogP contribution in [0.1, 0.15) is 29.8 Å². The van der Waals surface area contributed by atoms with Gasteiger partial charge < -0.3 is 19.4 Å². The lowest BCUT2D eigenvalue weighted by Crippen LogP contribution is -2.34. The average Bonchev–Trinajstić information content (AvgIpc) is 3.38. The number of carbonyl (C=O) groups is 1. The molecule has 1 aromatic heterocycles. The Kier molecular flexibility index (Phi) is 5.81. The van der Waals surface area contributed by atoms with Crippen molar-refractivity contribution in [3.63, 3.8) is 0 Å². The van der Waals surface area contributed by atoms with Crippen molar-refractivity contribution in [2.75, 3.05) is 13.2 Å². The quantitative estimate of drug-likeness (QED) is 0.667. The van der Waals surface area contributed by atoms with Gasteiger partial charge in [0.15, 0.2) is 0 Å². The minimum Gasteiger partial charge on any atom is -0.491 e. The van der Waals surface area contributed by atoms with Gasteiger partial charge in [0.1, 0.15) is 24.3 Å². The van der Waals surface area contributed by atoms with E-state index in [2.05, 4.69) is 29.8 Å². The molecule has 1 fully saturated rings. The molecule has 1 amide bonds. The van der Waals surface area contributed by atoms with Crippen LogP contribution in [0.5, 0.6) is 5.75 Å². The highest BCUT2D eigenvalue weighted by Gasteiger charge is 2.23. The van der Waals surface area contributed by atoms with Crippen molar-refractivity contribution in [2.24, 2.45) is 0 Å². The van der Waals surface area contributed by atoms with Crippen LogP contribution in [-0.2, 0) is 22.6 Å². The molecule has 6 heteroatoms. The zero-order valence-electron chi connectivity index (χ0n) is 17.0. The number of carbonyl (C=O) groups excluding carboxylic acids is 1. The standard InChI is InChI=1S/C23H27N3O3/c1-16-7-5-10-20(17(16)2)29-14-12-26-19-9-4-3-8-18(19)25-22(26)15-24-23(27)21-11-6-13-28-21/h3-5,7-10,21H,6,11-15H2,1-2H3,(H,24,27). The lowest BCUT2D eigenvalue weighted by molar-refractivity contribution is -0.130. The van der Waals surface area contributed by atoms with Crippen LogP contribution in [0.2, 0.25) is 0 Å². The highest BCUT2D eigenvalue weighted by atomic mass is 16.5. The van der Waals surface area contributed by atoms with Crippen molar-refractivity contribution in [3.05, 3.63) is 59.4 Å². The molecular formula is C23H27N3O3. The molecule has 0 bridgehead atoms. The monoisotopic (exact) mass is 393 g/mol. The van der Waals surface area contributed by atoms with Crippen molar-refractivity contribution < 1.29 is 14.3 Å². The van der Waals surface area contributed by atoms with Gasteiger partial charge in [-0.25, -0.2) is 4.98 Å². The Balaban J connectivity index is 1.47. The minimum atomic E-state index is -0.333. The van der Waals surface area contributed by atoms with Crippen LogP contribution < -0.4 is 10.1 Å². The first kappa shape index (κ1) is 19.5. The first-order chi connectivity index (χ1) is 14.1. The zero-order chi connectivity index (χ0) is 20.2. The molecule has 6 nitrogen and oxygen atoms in total. The number of benzene rings is 2. The fourth-order valence-corrected chi connectivity index (χ4v) is 3.70. The summed E-state index contributed by atoms with van der Waals surface area (Å²) in [5.74, 6) is 1.66. The Hall–Kier alpha value is -2.86. The Labute approximate surface area is 170 Å². The van der Waals surface area contributed by atoms with E-state index < -0.39 is 0 Å². The second-order valence-electron chi connectivity index (χ2n) is 7.43. The van der Waals surface area contributed by atoms with Crippen LogP contribution in [0, 0.1) is 13.8 Å². The average molecular weight is 393 g/mol. The summed E-state index contributed by atoms with van der Waals surface area (Å²) in [6.07, 6.45) is 1.39. The fraction of sp³-hybridized carbons (Fsp3) is 0.391. The third kappa shape index (κ3) is 4.27. The molecule has 0 saturated carbocycles. The number of ether oxygens (including phenoxy) is 2. The second-order valence-corrected chi connectivity index (χ2v) is 7.43. The SMILES string of the molecule is Cc1cccc(OCCn2c(CNC(=O)C3CCCO3)nc3ccccc32)c1C. The van der Waals surface area contributed by atoms with Gasteiger partial charge in [-0.15, -0.1) is 0 Å². The van der Waals surface area contributed by atoms with Crippen molar-refractivity contribution in [1.82, 2.24) is 14.9 Å². The van der Waals surface area contributed by atoms with E-state index in [1.807, 2.05) is 36.4 Å². The number of rotatable bonds is 7. The molecule has 152 valence electrons. The number of amides is 1. The summed E-state index contributed by atoms with van der Waals surface area (Å²) in [6.45, 7) is 6.36. The second kappa shape index (κ2) is 8.66. The summed E-state index contributed by atoms with van der Waals surface area (Å²) in [7, 11) is 0. The summed E-state index contributed by atoms with van der Waals surface area (Å²) in [6, 6.07) is 14.1. The summed E-state index contributed by atoms with van der Waals surface area (Å²) in [4.78, 5) is 17.0. The number of nitrogens with one attached hydrogen (secondary N) is 1. The zero-order valence-corrected chi connectivity index (χ0v) is 17.0. The van der Waals surface area contributed by atoms with E-state index in [1.165, 1.54) is 5.56 Å². The molecule has 1 unspecified atom stereocenters. The maximum atomic E-state index is 12.3. The van der Waals surface area contributed by atoms with Crippen LogP contribution in [0.4, 0.5) is 0 Å². The van der Waals surface area contributed by atoms with E-state index in [1.54, 1.807) is 0 Å². The molecule has 1 saturated heterocycles. The highest BCUT2D eigenvalue weighted by Crippen LogP contribution is 2.21. The summed E-state index contributed by atoms with van der Waals surface area (Å²) in [5.41, 5.74) is 4.33. The van der Waals surface area contributed by atoms with Crippen molar-refractivity contribution >= 4 is 16.9 Å². The fourth-order valence-electron chi connectivity index (χ4n) is 3.70. The van der Waals surface area contributed by atoms with Gasteiger partial charge in [-0.3, -0.25) is 4.79 Å². The Bertz CT molecular complexity index is 1010. The Morgan fingerprint density at radius 2 is 2.10 bits per heavy atom. The van der Waals surface area contributed by atoms with Crippen molar-refractivity contribution in [2.45, 2.75) is 45.9 Å². The topological polar surface area (TPSA) is 65.4 Å². The molecule has 2 aromatic carbocycles. The van der Waals surface area contributed by atoms with E-state index in [0.29, 0.717) is 26.3 Å². The van der Waals surface area contributed by atoms with Crippen LogP contribution in [0.25, 0.3) is 11.0 Å². The molecule has 29 heavy (non-hydrogen) atoms. The van der Waals surface area contributed by atoms with E-state index in [4.69, 9.17) is 14.5 Å². The predicted octanol–water partition coefficient (Wildman–Crippen LogP) is 3.53. The van der Waals surface area contributed by atoms with Gasteiger partial charge in [0, 0.05) is 6.61 Å². The van der Waals surface area contributed by atoms with Crippen LogP contribution in [0.3, 0.4) is 0 Å². The Morgan fingerprint density at radius 3 is 2.93 bits per heavy atom. The molecule has 1 atom stereocenters. The van der Waals surface area contributed by atoms with Gasteiger partial charge >= 0.3 is 0 Å². The number of fused-ring (bicyclic) bond motifs is 1. The van der Waals surface area contributed by atoms with E-state index >= 15 is 0 Å². The maximum Gasteiger partial charge on any atom is 0.249 e.